The Morgan fingerprint density at radius 3 is 2.35 bits per heavy atom. The second-order valence-corrected chi connectivity index (χ2v) is 7.67. The van der Waals surface area contributed by atoms with Crippen molar-refractivity contribution in [2.75, 3.05) is 11.4 Å². The van der Waals surface area contributed by atoms with Crippen LogP contribution in [-0.4, -0.2) is 20.4 Å². The third-order valence-corrected chi connectivity index (χ3v) is 5.94. The molecule has 108 valence electrons. The number of thiazole rings is 1. The molecule has 2 rings (SSSR count). The van der Waals surface area contributed by atoms with E-state index in [0.717, 1.165) is 10.6 Å². The number of benzene rings is 1. The smallest absolute Gasteiger partial charge is 0.240 e. The van der Waals surface area contributed by atoms with Crippen LogP contribution in [0.4, 0.5) is 9.52 Å². The number of sulfonamides is 1. The quantitative estimate of drug-likeness (QED) is 0.872. The van der Waals surface area contributed by atoms with E-state index in [2.05, 4.69) is 4.98 Å². The summed E-state index contributed by atoms with van der Waals surface area (Å²) in [4.78, 5) is 5.23. The summed E-state index contributed by atoms with van der Waals surface area (Å²) in [7, 11) is -2.04. The van der Waals surface area contributed by atoms with Gasteiger partial charge in [-0.05, 0) is 31.5 Å². The molecule has 0 bridgehead atoms. The molecular weight excluding hydrogens is 299 g/mol. The fourth-order valence-corrected chi connectivity index (χ4v) is 3.91. The number of nitrogens with zero attached hydrogens (tertiary/aromatic N) is 2. The van der Waals surface area contributed by atoms with Crippen molar-refractivity contribution >= 4 is 26.5 Å². The van der Waals surface area contributed by atoms with Gasteiger partial charge in [0.2, 0.25) is 10.0 Å². The molecule has 20 heavy (non-hydrogen) atoms. The van der Waals surface area contributed by atoms with Gasteiger partial charge in [0.25, 0.3) is 0 Å². The number of anilines is 1. The highest BCUT2D eigenvalue weighted by molar-refractivity contribution is 7.92. The first-order valence-corrected chi connectivity index (χ1v) is 8.37. The number of halogens is 1. The van der Waals surface area contributed by atoms with Crippen molar-refractivity contribution in [1.29, 1.82) is 0 Å². The van der Waals surface area contributed by atoms with E-state index in [1.807, 2.05) is 13.8 Å². The third kappa shape index (κ3) is 3.16. The van der Waals surface area contributed by atoms with E-state index in [1.54, 1.807) is 0 Å². The molecule has 0 fully saturated rings. The number of hydrogen-bond donors (Lipinski definition) is 0. The lowest BCUT2D eigenvalue weighted by molar-refractivity contribution is 0.593. The molecule has 0 unspecified atom stereocenters. The highest BCUT2D eigenvalue weighted by Gasteiger charge is 2.22. The maximum Gasteiger partial charge on any atom is 0.240 e. The van der Waals surface area contributed by atoms with Crippen LogP contribution in [0.15, 0.2) is 24.3 Å². The van der Waals surface area contributed by atoms with Crippen molar-refractivity contribution in [3.05, 3.63) is 46.2 Å². The summed E-state index contributed by atoms with van der Waals surface area (Å²) in [6, 6.07) is 5.45. The van der Waals surface area contributed by atoms with E-state index in [9.17, 15) is 12.8 Å². The van der Waals surface area contributed by atoms with E-state index in [1.165, 1.54) is 47.0 Å². The van der Waals surface area contributed by atoms with Crippen molar-refractivity contribution in [3.8, 4) is 0 Å². The van der Waals surface area contributed by atoms with E-state index in [4.69, 9.17) is 0 Å². The van der Waals surface area contributed by atoms with Crippen LogP contribution in [0, 0.1) is 19.7 Å². The molecule has 0 N–H and O–H groups in total. The molecule has 2 aromatic rings. The number of aromatic nitrogens is 1. The van der Waals surface area contributed by atoms with Gasteiger partial charge in [-0.15, -0.1) is 11.3 Å². The van der Waals surface area contributed by atoms with Gasteiger partial charge in [0.1, 0.15) is 5.82 Å². The molecule has 1 heterocycles. The Balaban J connectivity index is 2.23. The second-order valence-electron chi connectivity index (χ2n) is 4.49. The van der Waals surface area contributed by atoms with Gasteiger partial charge < -0.3 is 0 Å². The molecule has 4 nitrogen and oxygen atoms in total. The van der Waals surface area contributed by atoms with Crippen LogP contribution in [-0.2, 0) is 15.8 Å². The van der Waals surface area contributed by atoms with Gasteiger partial charge in [0, 0.05) is 11.9 Å². The van der Waals surface area contributed by atoms with Gasteiger partial charge in [0.05, 0.1) is 11.4 Å². The molecule has 0 amide bonds. The van der Waals surface area contributed by atoms with Crippen molar-refractivity contribution < 1.29 is 12.8 Å². The van der Waals surface area contributed by atoms with Crippen LogP contribution in [0.2, 0.25) is 0 Å². The maximum atomic E-state index is 12.8. The zero-order valence-corrected chi connectivity index (χ0v) is 13.1. The summed E-state index contributed by atoms with van der Waals surface area (Å²) in [5.41, 5.74) is 1.37. The first kappa shape index (κ1) is 14.9. The Hall–Kier alpha value is -1.47. The van der Waals surface area contributed by atoms with Crippen molar-refractivity contribution in [2.45, 2.75) is 19.6 Å². The molecule has 0 saturated carbocycles. The molecule has 0 saturated heterocycles. The minimum atomic E-state index is -3.52. The van der Waals surface area contributed by atoms with Crippen LogP contribution in [0.1, 0.15) is 16.1 Å². The van der Waals surface area contributed by atoms with Crippen LogP contribution in [0.5, 0.6) is 0 Å². The van der Waals surface area contributed by atoms with Gasteiger partial charge in [0.15, 0.2) is 5.13 Å². The van der Waals surface area contributed by atoms with E-state index in [0.29, 0.717) is 10.7 Å². The minimum absolute atomic E-state index is 0.179. The SMILES string of the molecule is Cc1nc(N(C)S(=O)(=O)Cc2ccc(F)cc2)sc1C. The van der Waals surface area contributed by atoms with Crippen molar-refractivity contribution in [2.24, 2.45) is 0 Å². The lowest BCUT2D eigenvalue weighted by Crippen LogP contribution is -2.27. The first-order chi connectivity index (χ1) is 9.29. The van der Waals surface area contributed by atoms with E-state index in [-0.39, 0.29) is 11.6 Å². The summed E-state index contributed by atoms with van der Waals surface area (Å²) >= 11 is 1.34. The van der Waals surface area contributed by atoms with Crippen molar-refractivity contribution in [1.82, 2.24) is 4.98 Å². The first-order valence-electron chi connectivity index (χ1n) is 5.94. The Kier molecular flexibility index (Phi) is 4.10. The average Bonchev–Trinajstić information content (AvgIpc) is 2.71. The second kappa shape index (κ2) is 5.49. The summed E-state index contributed by atoms with van der Waals surface area (Å²) in [5, 5.41) is 0.446. The van der Waals surface area contributed by atoms with Gasteiger partial charge >= 0.3 is 0 Å². The standard InChI is InChI=1S/C13H15FN2O2S2/c1-9-10(2)19-13(15-9)16(3)20(17,18)8-11-4-6-12(14)7-5-11/h4-7H,8H2,1-3H3. The molecule has 0 aliphatic heterocycles. The molecule has 0 atom stereocenters. The molecule has 0 radical (unpaired) electrons. The van der Waals surface area contributed by atoms with E-state index < -0.39 is 10.0 Å². The highest BCUT2D eigenvalue weighted by atomic mass is 32.2. The molecule has 0 aliphatic rings. The Morgan fingerprint density at radius 1 is 1.25 bits per heavy atom. The third-order valence-electron chi connectivity index (χ3n) is 2.97. The average molecular weight is 314 g/mol. The number of aryl methyl sites for hydroxylation is 2. The van der Waals surface area contributed by atoms with Crippen molar-refractivity contribution in [3.63, 3.8) is 0 Å². The monoisotopic (exact) mass is 314 g/mol. The van der Waals surface area contributed by atoms with Crippen LogP contribution in [0.25, 0.3) is 0 Å². The van der Waals surface area contributed by atoms with Crippen LogP contribution >= 0.6 is 11.3 Å². The van der Waals surface area contributed by atoms with Gasteiger partial charge in [-0.25, -0.2) is 22.1 Å². The summed E-state index contributed by atoms with van der Waals surface area (Å²) in [6.45, 7) is 3.74. The summed E-state index contributed by atoms with van der Waals surface area (Å²) < 4.78 is 38.6. The molecular formula is C13H15FN2O2S2. The predicted octanol–water partition coefficient (Wildman–Crippen LogP) is 2.87. The minimum Gasteiger partial charge on any atom is -0.248 e. The zero-order chi connectivity index (χ0) is 14.9. The van der Waals surface area contributed by atoms with E-state index >= 15 is 0 Å². The highest BCUT2D eigenvalue weighted by Crippen LogP contribution is 2.27. The number of hydrogen-bond acceptors (Lipinski definition) is 4. The Morgan fingerprint density at radius 2 is 1.85 bits per heavy atom. The van der Waals surface area contributed by atoms with Gasteiger partial charge in [-0.1, -0.05) is 12.1 Å². The van der Waals surface area contributed by atoms with Crippen LogP contribution < -0.4 is 4.31 Å². The maximum absolute atomic E-state index is 12.8. The Labute approximate surface area is 121 Å². The zero-order valence-electron chi connectivity index (χ0n) is 11.4. The normalized spacial score (nSPS) is 11.6. The Bertz CT molecular complexity index is 689. The van der Waals surface area contributed by atoms with Gasteiger partial charge in [-0.3, -0.25) is 0 Å². The molecule has 1 aromatic heterocycles. The van der Waals surface area contributed by atoms with Crippen LogP contribution in [0.3, 0.4) is 0 Å². The number of rotatable bonds is 4. The molecule has 7 heteroatoms. The molecule has 1 aromatic carbocycles. The summed E-state index contributed by atoms with van der Waals surface area (Å²) in [5.74, 6) is -0.563. The largest absolute Gasteiger partial charge is 0.248 e. The topological polar surface area (TPSA) is 50.3 Å². The fraction of sp³-hybridized carbons (Fsp3) is 0.308. The molecule has 0 aliphatic carbocycles. The lowest BCUT2D eigenvalue weighted by Gasteiger charge is -2.16. The predicted molar refractivity (Wildman–Crippen MR) is 79.0 cm³/mol. The fourth-order valence-electron chi connectivity index (χ4n) is 1.60. The lowest BCUT2D eigenvalue weighted by atomic mass is 10.2. The summed E-state index contributed by atoms with van der Waals surface area (Å²) in [6.07, 6.45) is 0. The van der Waals surface area contributed by atoms with Gasteiger partial charge in [-0.2, -0.15) is 0 Å². The molecule has 0 spiro atoms.